The number of hydrogen-bond acceptors (Lipinski definition) is 4. The molecule has 0 atom stereocenters. The van der Waals surface area contributed by atoms with Gasteiger partial charge in [0.2, 0.25) is 0 Å². The lowest BCUT2D eigenvalue weighted by atomic mass is 9.89. The summed E-state index contributed by atoms with van der Waals surface area (Å²) in [6.45, 7) is 9.78. The number of pyridine rings is 1. The van der Waals surface area contributed by atoms with Crippen LogP contribution in [0.25, 0.3) is 16.6 Å². The fourth-order valence-electron chi connectivity index (χ4n) is 5.91. The van der Waals surface area contributed by atoms with Gasteiger partial charge in [-0.05, 0) is 68.0 Å². The second-order valence-corrected chi connectivity index (χ2v) is 13.0. The van der Waals surface area contributed by atoms with E-state index >= 15 is 0 Å². The van der Waals surface area contributed by atoms with Crippen molar-refractivity contribution >= 4 is 34.3 Å². The molecule has 0 unspecified atom stereocenters. The number of aryl methyl sites for hydroxylation is 1. The molecule has 3 heterocycles. The number of hydrogen-bond donors (Lipinski definition) is 2. The van der Waals surface area contributed by atoms with E-state index in [9.17, 15) is 9.59 Å². The number of piperidine rings is 1. The van der Waals surface area contributed by atoms with E-state index in [-0.39, 0.29) is 17.4 Å². The lowest BCUT2D eigenvalue weighted by Crippen LogP contribution is -2.39. The molecule has 5 aromatic rings. The van der Waals surface area contributed by atoms with Crippen LogP contribution >= 0.6 is 0 Å². The number of urea groups is 1. The Hall–Kier alpha value is -4.98. The second-order valence-electron chi connectivity index (χ2n) is 13.0. The Bertz CT molecular complexity index is 1820. The summed E-state index contributed by atoms with van der Waals surface area (Å²) >= 11 is 0. The summed E-state index contributed by atoms with van der Waals surface area (Å²) in [5.41, 5.74) is 6.16. The molecule has 1 aliphatic rings. The van der Waals surface area contributed by atoms with Crippen molar-refractivity contribution in [1.82, 2.24) is 19.7 Å². The zero-order valence-corrected chi connectivity index (χ0v) is 26.4. The van der Waals surface area contributed by atoms with Gasteiger partial charge in [-0.2, -0.15) is 5.10 Å². The third kappa shape index (κ3) is 6.75. The van der Waals surface area contributed by atoms with Crippen LogP contribution < -0.4 is 10.6 Å². The van der Waals surface area contributed by atoms with Crippen LogP contribution in [-0.4, -0.2) is 44.7 Å². The van der Waals surface area contributed by atoms with Crippen molar-refractivity contribution in [3.05, 3.63) is 114 Å². The number of likely N-dealkylation sites (tertiary alicyclic amines) is 1. The van der Waals surface area contributed by atoms with Gasteiger partial charge in [0.15, 0.2) is 0 Å². The van der Waals surface area contributed by atoms with E-state index in [1.54, 1.807) is 10.9 Å². The molecule has 1 aliphatic heterocycles. The van der Waals surface area contributed by atoms with Crippen LogP contribution in [-0.2, 0) is 11.8 Å². The van der Waals surface area contributed by atoms with Gasteiger partial charge in [-0.3, -0.25) is 15.1 Å². The maximum atomic E-state index is 13.4. The highest BCUT2D eigenvalue weighted by atomic mass is 16.2. The van der Waals surface area contributed by atoms with E-state index in [1.165, 1.54) is 0 Å². The third-order valence-corrected chi connectivity index (χ3v) is 8.55. The van der Waals surface area contributed by atoms with E-state index in [2.05, 4.69) is 42.5 Å². The first-order valence-electron chi connectivity index (χ1n) is 15.6. The molecule has 230 valence electrons. The Kier molecular flexibility index (Phi) is 8.39. The average Bonchev–Trinajstić information content (AvgIpc) is 3.46. The van der Waals surface area contributed by atoms with Gasteiger partial charge in [0, 0.05) is 41.8 Å². The molecule has 1 fully saturated rings. The molecule has 45 heavy (non-hydrogen) atoms. The molecular weight excluding hydrogens is 560 g/mol. The molecule has 0 spiro atoms. The first-order valence-corrected chi connectivity index (χ1v) is 15.6. The minimum atomic E-state index is -0.318. The molecular formula is C37H40N6O2. The Balaban J connectivity index is 1.11. The maximum Gasteiger partial charge on any atom is 0.324 e. The monoisotopic (exact) mass is 600 g/mol. The van der Waals surface area contributed by atoms with Crippen LogP contribution in [0.5, 0.6) is 0 Å². The van der Waals surface area contributed by atoms with Gasteiger partial charge in [0.1, 0.15) is 5.82 Å². The van der Waals surface area contributed by atoms with Gasteiger partial charge in [0.05, 0.1) is 22.5 Å². The molecule has 2 N–H and O–H groups in total. The van der Waals surface area contributed by atoms with E-state index in [4.69, 9.17) is 5.10 Å². The van der Waals surface area contributed by atoms with Gasteiger partial charge in [-0.15, -0.1) is 0 Å². The number of benzene rings is 3. The van der Waals surface area contributed by atoms with Crippen LogP contribution in [0.2, 0.25) is 0 Å². The number of anilines is 2. The lowest BCUT2D eigenvalue weighted by molar-refractivity contribution is 0.0692. The van der Waals surface area contributed by atoms with Crippen molar-refractivity contribution in [2.75, 3.05) is 23.7 Å². The summed E-state index contributed by atoms with van der Waals surface area (Å²) in [6.07, 6.45) is 4.34. The highest BCUT2D eigenvalue weighted by molar-refractivity contribution is 6.06. The average molecular weight is 601 g/mol. The molecule has 3 aromatic carbocycles. The van der Waals surface area contributed by atoms with Gasteiger partial charge in [0.25, 0.3) is 5.91 Å². The summed E-state index contributed by atoms with van der Waals surface area (Å²) in [4.78, 5) is 33.1. The minimum absolute atomic E-state index is 0.0604. The molecule has 0 radical (unpaired) electrons. The van der Waals surface area contributed by atoms with Crippen molar-refractivity contribution in [2.45, 2.75) is 52.4 Å². The zero-order valence-electron chi connectivity index (χ0n) is 26.4. The van der Waals surface area contributed by atoms with Crippen LogP contribution in [0.15, 0.2) is 91.1 Å². The number of para-hydroxylation sites is 2. The number of nitrogens with one attached hydrogen (secondary N) is 2. The fourth-order valence-corrected chi connectivity index (χ4v) is 5.91. The van der Waals surface area contributed by atoms with Crippen LogP contribution in [0.4, 0.5) is 16.3 Å². The van der Waals surface area contributed by atoms with Crippen molar-refractivity contribution in [3.63, 3.8) is 0 Å². The summed E-state index contributed by atoms with van der Waals surface area (Å²) in [7, 11) is 0. The first kappa shape index (κ1) is 30.1. The van der Waals surface area contributed by atoms with E-state index in [0.717, 1.165) is 58.4 Å². The van der Waals surface area contributed by atoms with Crippen molar-refractivity contribution < 1.29 is 9.59 Å². The zero-order chi connectivity index (χ0) is 31.6. The van der Waals surface area contributed by atoms with Crippen molar-refractivity contribution in [1.29, 1.82) is 0 Å². The molecule has 6 rings (SSSR count). The normalized spacial score (nSPS) is 14.0. The Morgan fingerprint density at radius 1 is 0.889 bits per heavy atom. The first-order chi connectivity index (χ1) is 21.7. The molecule has 0 saturated carbocycles. The third-order valence-electron chi connectivity index (χ3n) is 8.55. The number of fused-ring (bicyclic) bond motifs is 1. The smallest absolute Gasteiger partial charge is 0.324 e. The second kappa shape index (κ2) is 12.6. The fraction of sp³-hybridized carbons (Fsp3) is 0.297. The number of carbonyl (C=O) groups is 2. The van der Waals surface area contributed by atoms with Crippen molar-refractivity contribution in [2.24, 2.45) is 5.92 Å². The molecule has 0 bridgehead atoms. The lowest BCUT2D eigenvalue weighted by Gasteiger charge is -2.32. The number of aromatic nitrogens is 3. The van der Waals surface area contributed by atoms with Gasteiger partial charge in [-0.1, -0.05) is 74.9 Å². The molecule has 1 saturated heterocycles. The molecule has 8 nitrogen and oxygen atoms in total. The highest BCUT2D eigenvalue weighted by Gasteiger charge is 2.26. The summed E-state index contributed by atoms with van der Waals surface area (Å²) in [5, 5.41) is 11.9. The Morgan fingerprint density at radius 2 is 1.60 bits per heavy atom. The summed E-state index contributed by atoms with van der Waals surface area (Å²) in [6, 6.07) is 27.3. The highest BCUT2D eigenvalue weighted by Crippen LogP contribution is 2.29. The molecule has 3 amide bonds. The molecule has 0 aliphatic carbocycles. The Labute approximate surface area is 264 Å². The SMILES string of the molecule is Cc1ccc(-n2nc(C(C)(C)C)cc2NC(=O)Nc2ccccc2CC2CCN(C(=O)c3ccnc4ccccc34)CC2)cc1. The van der Waals surface area contributed by atoms with E-state index in [0.29, 0.717) is 30.4 Å². The number of carbonyl (C=O) groups excluding carboxylic acids is 2. The van der Waals surface area contributed by atoms with Crippen molar-refractivity contribution in [3.8, 4) is 5.69 Å². The summed E-state index contributed by atoms with van der Waals surface area (Å²) in [5.74, 6) is 1.08. The largest absolute Gasteiger partial charge is 0.339 e. The summed E-state index contributed by atoms with van der Waals surface area (Å²) < 4.78 is 1.79. The van der Waals surface area contributed by atoms with E-state index in [1.807, 2.05) is 90.7 Å². The minimum Gasteiger partial charge on any atom is -0.339 e. The quantitative estimate of drug-likeness (QED) is 0.208. The van der Waals surface area contributed by atoms with Gasteiger partial charge >= 0.3 is 6.03 Å². The van der Waals surface area contributed by atoms with E-state index < -0.39 is 0 Å². The standard InChI is InChI=1S/C37H40N6O2/c1-25-13-15-28(16-14-25)43-34(24-33(41-43)37(2,3)4)40-36(45)39-31-11-7-5-9-27(31)23-26-18-21-42(22-19-26)35(44)30-17-20-38-32-12-8-6-10-29(30)32/h5-17,20,24,26H,18-19,21-23H2,1-4H3,(H2,39,40,45). The van der Waals surface area contributed by atoms with Gasteiger partial charge in [-0.25, -0.2) is 9.48 Å². The Morgan fingerprint density at radius 3 is 2.36 bits per heavy atom. The van der Waals surface area contributed by atoms with Crippen LogP contribution in [0.1, 0.15) is 60.8 Å². The predicted octanol–water partition coefficient (Wildman–Crippen LogP) is 7.77. The van der Waals surface area contributed by atoms with Crippen LogP contribution in [0.3, 0.4) is 0 Å². The maximum absolute atomic E-state index is 13.4. The predicted molar refractivity (Wildman–Crippen MR) is 180 cm³/mol. The molecule has 8 heteroatoms. The topological polar surface area (TPSA) is 92.2 Å². The number of rotatable bonds is 6. The molecule has 2 aromatic heterocycles. The number of amides is 3. The van der Waals surface area contributed by atoms with Gasteiger partial charge < -0.3 is 10.2 Å². The van der Waals surface area contributed by atoms with Crippen LogP contribution in [0, 0.1) is 12.8 Å². The number of nitrogens with zero attached hydrogens (tertiary/aromatic N) is 4.